The van der Waals surface area contributed by atoms with Gasteiger partial charge in [-0.15, -0.1) is 0 Å². The van der Waals surface area contributed by atoms with E-state index in [1.165, 1.54) is 0 Å². The van der Waals surface area contributed by atoms with Crippen molar-refractivity contribution in [1.82, 2.24) is 5.32 Å². The number of carbonyl (C=O) groups is 2. The number of hydrogen-bond acceptors (Lipinski definition) is 3. The largest absolute Gasteiger partial charge is 0.480 e. The summed E-state index contributed by atoms with van der Waals surface area (Å²) in [5.74, 6) is -1.18. The summed E-state index contributed by atoms with van der Waals surface area (Å²) in [6, 6.07) is 1.82. The fourth-order valence-electron chi connectivity index (χ4n) is 1.73. The highest BCUT2D eigenvalue weighted by Crippen LogP contribution is 2.24. The Kier molecular flexibility index (Phi) is 5.97. The zero-order valence-electron chi connectivity index (χ0n) is 11.2. The third-order valence-corrected chi connectivity index (χ3v) is 3.97. The van der Waals surface area contributed by atoms with Crippen LogP contribution in [0.15, 0.2) is 16.6 Å². The molecule has 110 valence electrons. The number of aryl methyl sites for hydroxylation is 2. The van der Waals surface area contributed by atoms with E-state index in [1.807, 2.05) is 13.8 Å². The monoisotopic (exact) mass is 344 g/mol. The van der Waals surface area contributed by atoms with Crippen LogP contribution in [0, 0.1) is 13.8 Å². The van der Waals surface area contributed by atoms with Gasteiger partial charge in [-0.05, 0) is 37.1 Å². The zero-order chi connectivity index (χ0) is 15.3. The van der Waals surface area contributed by atoms with Gasteiger partial charge < -0.3 is 20.8 Å². The minimum absolute atomic E-state index is 0.0405. The van der Waals surface area contributed by atoms with Gasteiger partial charge in [-0.1, -0.05) is 15.9 Å². The van der Waals surface area contributed by atoms with Crippen molar-refractivity contribution < 1.29 is 19.8 Å². The number of halogens is 1. The Morgan fingerprint density at radius 2 is 1.85 bits per heavy atom. The lowest BCUT2D eigenvalue weighted by Crippen LogP contribution is -2.43. The quantitative estimate of drug-likeness (QED) is 0.656. The number of aliphatic hydroxyl groups excluding tert-OH is 1. The SMILES string of the molecule is Cc1cc(NC(=O)N[C@@H](CCO)C(=O)O)cc(C)c1Br. The summed E-state index contributed by atoms with van der Waals surface area (Å²) in [7, 11) is 0. The van der Waals surface area contributed by atoms with Crippen LogP contribution in [-0.4, -0.2) is 34.9 Å². The predicted octanol–water partition coefficient (Wildman–Crippen LogP) is 2.02. The van der Waals surface area contributed by atoms with Crippen LogP contribution in [0.1, 0.15) is 17.5 Å². The fraction of sp³-hybridized carbons (Fsp3) is 0.385. The first-order valence-corrected chi connectivity index (χ1v) is 6.82. The predicted molar refractivity (Wildman–Crippen MR) is 78.9 cm³/mol. The number of carboxylic acids is 1. The molecule has 7 heteroatoms. The highest BCUT2D eigenvalue weighted by Gasteiger charge is 2.19. The molecule has 1 atom stereocenters. The van der Waals surface area contributed by atoms with E-state index >= 15 is 0 Å². The van der Waals surface area contributed by atoms with Crippen LogP contribution in [0.4, 0.5) is 10.5 Å². The molecule has 0 saturated heterocycles. The Labute approximate surface area is 125 Å². The summed E-state index contributed by atoms with van der Waals surface area (Å²) in [6.07, 6.45) is -0.0405. The van der Waals surface area contributed by atoms with Crippen molar-refractivity contribution in [2.45, 2.75) is 26.3 Å². The highest BCUT2D eigenvalue weighted by molar-refractivity contribution is 9.10. The smallest absolute Gasteiger partial charge is 0.326 e. The lowest BCUT2D eigenvalue weighted by molar-refractivity contribution is -0.139. The van der Waals surface area contributed by atoms with Gasteiger partial charge >= 0.3 is 12.0 Å². The number of carboxylic acid groups (broad SMARTS) is 1. The Morgan fingerprint density at radius 3 is 2.30 bits per heavy atom. The van der Waals surface area contributed by atoms with E-state index in [2.05, 4.69) is 26.6 Å². The first-order chi connectivity index (χ1) is 9.35. The van der Waals surface area contributed by atoms with Crippen molar-refractivity contribution >= 4 is 33.6 Å². The minimum atomic E-state index is -1.18. The average molecular weight is 345 g/mol. The minimum Gasteiger partial charge on any atom is -0.480 e. The van der Waals surface area contributed by atoms with Gasteiger partial charge in [0.15, 0.2) is 0 Å². The van der Waals surface area contributed by atoms with Crippen molar-refractivity contribution in [2.75, 3.05) is 11.9 Å². The molecule has 1 aromatic rings. The Morgan fingerprint density at radius 1 is 1.30 bits per heavy atom. The second-order valence-corrected chi connectivity index (χ2v) is 5.22. The molecule has 0 spiro atoms. The van der Waals surface area contributed by atoms with Crippen LogP contribution in [-0.2, 0) is 4.79 Å². The number of anilines is 1. The molecule has 0 aliphatic carbocycles. The Balaban J connectivity index is 2.73. The van der Waals surface area contributed by atoms with Crippen LogP contribution >= 0.6 is 15.9 Å². The van der Waals surface area contributed by atoms with E-state index < -0.39 is 18.0 Å². The Hall–Kier alpha value is -1.60. The molecule has 4 N–H and O–H groups in total. The molecule has 0 bridgehead atoms. The van der Waals surface area contributed by atoms with E-state index in [-0.39, 0.29) is 13.0 Å². The van der Waals surface area contributed by atoms with Gasteiger partial charge in [-0.2, -0.15) is 0 Å². The van der Waals surface area contributed by atoms with Crippen molar-refractivity contribution in [1.29, 1.82) is 0 Å². The van der Waals surface area contributed by atoms with Gasteiger partial charge in [0.2, 0.25) is 0 Å². The molecular formula is C13H17BrN2O4. The van der Waals surface area contributed by atoms with E-state index in [4.69, 9.17) is 10.2 Å². The molecule has 0 unspecified atom stereocenters. The lowest BCUT2D eigenvalue weighted by Gasteiger charge is -2.15. The summed E-state index contributed by atoms with van der Waals surface area (Å²) in [6.45, 7) is 3.48. The molecule has 0 saturated carbocycles. The number of nitrogens with one attached hydrogen (secondary N) is 2. The number of benzene rings is 1. The van der Waals surface area contributed by atoms with Gasteiger partial charge in [-0.3, -0.25) is 0 Å². The summed E-state index contributed by atoms with van der Waals surface area (Å²) >= 11 is 3.43. The molecule has 0 aliphatic rings. The van der Waals surface area contributed by atoms with Crippen molar-refractivity contribution in [2.24, 2.45) is 0 Å². The number of hydrogen-bond donors (Lipinski definition) is 4. The van der Waals surface area contributed by atoms with Crippen molar-refractivity contribution in [3.63, 3.8) is 0 Å². The maximum absolute atomic E-state index is 11.7. The molecule has 0 aliphatic heterocycles. The number of aliphatic carboxylic acids is 1. The van der Waals surface area contributed by atoms with Crippen LogP contribution in [0.3, 0.4) is 0 Å². The normalized spacial score (nSPS) is 11.8. The topological polar surface area (TPSA) is 98.7 Å². The van der Waals surface area contributed by atoms with Gasteiger partial charge in [0.1, 0.15) is 6.04 Å². The van der Waals surface area contributed by atoms with E-state index in [0.717, 1.165) is 15.6 Å². The second kappa shape index (κ2) is 7.25. The molecule has 20 heavy (non-hydrogen) atoms. The molecule has 2 amide bonds. The van der Waals surface area contributed by atoms with Crippen LogP contribution < -0.4 is 10.6 Å². The third-order valence-electron chi connectivity index (χ3n) is 2.72. The van der Waals surface area contributed by atoms with Gasteiger partial charge in [0.25, 0.3) is 0 Å². The second-order valence-electron chi connectivity index (χ2n) is 4.43. The van der Waals surface area contributed by atoms with Crippen molar-refractivity contribution in [3.8, 4) is 0 Å². The maximum atomic E-state index is 11.7. The van der Waals surface area contributed by atoms with E-state index in [1.54, 1.807) is 12.1 Å². The number of carbonyl (C=O) groups excluding carboxylic acids is 1. The standard InChI is InChI=1S/C13H17BrN2O4/c1-7-5-9(6-8(2)11(7)14)15-13(20)16-10(3-4-17)12(18)19/h5-6,10,17H,3-4H2,1-2H3,(H,18,19)(H2,15,16,20)/t10-/m0/s1. The highest BCUT2D eigenvalue weighted by atomic mass is 79.9. The molecule has 0 heterocycles. The summed E-state index contributed by atoms with van der Waals surface area (Å²) in [5.41, 5.74) is 2.50. The number of amides is 2. The van der Waals surface area contributed by atoms with Gasteiger partial charge in [0.05, 0.1) is 0 Å². The summed E-state index contributed by atoms with van der Waals surface area (Å²) in [4.78, 5) is 22.6. The van der Waals surface area contributed by atoms with Crippen molar-refractivity contribution in [3.05, 3.63) is 27.7 Å². The zero-order valence-corrected chi connectivity index (χ0v) is 12.8. The average Bonchev–Trinajstić information content (AvgIpc) is 2.35. The maximum Gasteiger partial charge on any atom is 0.326 e. The molecule has 1 rings (SSSR count). The van der Waals surface area contributed by atoms with Gasteiger partial charge in [-0.25, -0.2) is 9.59 Å². The third kappa shape index (κ3) is 4.50. The number of rotatable bonds is 5. The molecule has 0 radical (unpaired) electrons. The van der Waals surface area contributed by atoms with E-state index in [0.29, 0.717) is 5.69 Å². The van der Waals surface area contributed by atoms with Gasteiger partial charge in [0, 0.05) is 23.2 Å². The van der Waals surface area contributed by atoms with E-state index in [9.17, 15) is 9.59 Å². The Bertz CT molecular complexity index is 496. The molecular weight excluding hydrogens is 328 g/mol. The first-order valence-electron chi connectivity index (χ1n) is 6.03. The number of aliphatic hydroxyl groups is 1. The summed E-state index contributed by atoms with van der Waals surface area (Å²) < 4.78 is 0.965. The molecule has 1 aromatic carbocycles. The molecule has 6 nitrogen and oxygen atoms in total. The molecule has 0 aromatic heterocycles. The molecule has 0 fully saturated rings. The lowest BCUT2D eigenvalue weighted by atomic mass is 10.1. The van der Waals surface area contributed by atoms with Crippen LogP contribution in [0.2, 0.25) is 0 Å². The summed E-state index contributed by atoms with van der Waals surface area (Å²) in [5, 5.41) is 22.5. The first kappa shape index (κ1) is 16.5. The fourth-order valence-corrected chi connectivity index (χ4v) is 1.96. The van der Waals surface area contributed by atoms with Crippen LogP contribution in [0.25, 0.3) is 0 Å². The van der Waals surface area contributed by atoms with Crippen LogP contribution in [0.5, 0.6) is 0 Å². The number of urea groups is 1.